The van der Waals surface area contributed by atoms with Gasteiger partial charge in [-0.1, -0.05) is 182 Å². The molecule has 0 spiro atoms. The Bertz CT molecular complexity index is 3360. The highest BCUT2D eigenvalue weighted by Crippen LogP contribution is 2.58. The molecule has 2 heterocycles. The minimum atomic E-state index is 0.625. The van der Waals surface area contributed by atoms with Gasteiger partial charge in [-0.3, -0.25) is 4.98 Å². The van der Waals surface area contributed by atoms with Crippen LogP contribution in [0.5, 0.6) is 0 Å². The van der Waals surface area contributed by atoms with E-state index in [1.165, 1.54) is 60.7 Å². The van der Waals surface area contributed by atoms with Crippen LogP contribution in [0.3, 0.4) is 0 Å². The van der Waals surface area contributed by atoms with Crippen molar-refractivity contribution in [2.75, 3.05) is 0 Å². The molecule has 2 aromatic heterocycles. The van der Waals surface area contributed by atoms with Gasteiger partial charge in [0, 0.05) is 28.3 Å². The maximum absolute atomic E-state index is 5.27. The van der Waals surface area contributed by atoms with Crippen molar-refractivity contribution in [3.8, 4) is 89.8 Å². The number of nitrogens with zero attached hydrogens (tertiary/aromatic N) is 4. The van der Waals surface area contributed by atoms with E-state index < -0.39 is 0 Å². The third-order valence-corrected chi connectivity index (χ3v) is 11.9. The molecule has 0 fully saturated rings. The van der Waals surface area contributed by atoms with Crippen LogP contribution in [0.15, 0.2) is 206 Å². The number of fused-ring (bicyclic) bond motifs is 5. The molecule has 1 aliphatic rings. The molecule has 0 N–H and O–H groups in total. The summed E-state index contributed by atoms with van der Waals surface area (Å²) in [5.41, 5.74) is 15.9. The zero-order chi connectivity index (χ0) is 39.6. The normalized spacial score (nSPS) is 11.7. The van der Waals surface area contributed by atoms with Crippen LogP contribution in [-0.4, -0.2) is 19.9 Å². The lowest BCUT2D eigenvalue weighted by molar-refractivity contribution is 1.08. The molecule has 9 aromatic carbocycles. The number of pyridine rings is 1. The van der Waals surface area contributed by atoms with Crippen LogP contribution >= 0.6 is 0 Å². The summed E-state index contributed by atoms with van der Waals surface area (Å²) < 4.78 is 0. The standard InChI is InChI=1S/C56H34N4/c1-4-15-36(16-5-1)49-42-22-10-11-23-43(42)50(37-17-6-2-7-18-37)53-47-32-31-45(44-24-14-25-46(51(44)47)52(49)53)56-59-54(38-19-8-3-9-20-38)58-55(60-56)39-29-27-35(28-30-39)40-33-34-57-48-26-13-12-21-41(40)48/h1-34H. The number of aromatic nitrogens is 4. The van der Waals surface area contributed by atoms with Crippen molar-refractivity contribution >= 4 is 32.4 Å². The monoisotopic (exact) mass is 762 g/mol. The van der Waals surface area contributed by atoms with E-state index in [0.717, 1.165) is 44.1 Å². The van der Waals surface area contributed by atoms with Crippen molar-refractivity contribution in [3.63, 3.8) is 0 Å². The van der Waals surface area contributed by atoms with Gasteiger partial charge >= 0.3 is 0 Å². The lowest BCUT2D eigenvalue weighted by Gasteiger charge is -2.20. The van der Waals surface area contributed by atoms with Crippen LogP contribution in [0.25, 0.3) is 122 Å². The average Bonchev–Trinajstić information content (AvgIpc) is 3.66. The molecule has 0 amide bonds. The molecule has 278 valence electrons. The molecule has 1 aliphatic carbocycles. The van der Waals surface area contributed by atoms with E-state index in [0.29, 0.717) is 17.5 Å². The summed E-state index contributed by atoms with van der Waals surface area (Å²) in [4.78, 5) is 20.2. The van der Waals surface area contributed by atoms with Crippen molar-refractivity contribution in [1.29, 1.82) is 0 Å². The average molecular weight is 763 g/mol. The number of hydrogen-bond acceptors (Lipinski definition) is 4. The van der Waals surface area contributed by atoms with Crippen molar-refractivity contribution < 1.29 is 0 Å². The van der Waals surface area contributed by atoms with E-state index in [1.807, 2.05) is 30.5 Å². The van der Waals surface area contributed by atoms with Crippen molar-refractivity contribution in [3.05, 3.63) is 206 Å². The first kappa shape index (κ1) is 34.0. The second kappa shape index (κ2) is 13.8. The van der Waals surface area contributed by atoms with Crippen LogP contribution in [0.1, 0.15) is 0 Å². The SMILES string of the molecule is c1ccc(-c2nc(-c3ccc(-c4ccnc5ccccc45)cc3)nc(-c3ccc4c5c(cccc35)-c3c-4c(-c4ccccc4)c4ccccc4c3-c3ccccc3)n2)cc1. The van der Waals surface area contributed by atoms with E-state index in [1.54, 1.807) is 0 Å². The fraction of sp³-hybridized carbons (Fsp3) is 0. The molecule has 4 nitrogen and oxygen atoms in total. The van der Waals surface area contributed by atoms with Crippen LogP contribution in [0, 0.1) is 0 Å². The molecule has 0 unspecified atom stereocenters. The lowest BCUT2D eigenvalue weighted by atomic mass is 9.82. The second-order valence-corrected chi connectivity index (χ2v) is 15.3. The van der Waals surface area contributed by atoms with E-state index in [-0.39, 0.29) is 0 Å². The van der Waals surface area contributed by atoms with Crippen LogP contribution in [0.2, 0.25) is 0 Å². The lowest BCUT2D eigenvalue weighted by Crippen LogP contribution is -2.00. The summed E-state index contributed by atoms with van der Waals surface area (Å²) in [6.45, 7) is 0. The molecule has 0 bridgehead atoms. The summed E-state index contributed by atoms with van der Waals surface area (Å²) in [5.74, 6) is 1.90. The first-order valence-corrected chi connectivity index (χ1v) is 20.3. The maximum atomic E-state index is 5.27. The Labute approximate surface area is 347 Å². The minimum absolute atomic E-state index is 0.625. The molecule has 12 rings (SSSR count). The zero-order valence-corrected chi connectivity index (χ0v) is 32.4. The largest absolute Gasteiger partial charge is 0.256 e. The smallest absolute Gasteiger partial charge is 0.164 e. The molecule has 4 heteroatoms. The third-order valence-electron chi connectivity index (χ3n) is 11.9. The Hall–Kier alpha value is -8.08. The molecular formula is C56H34N4. The van der Waals surface area contributed by atoms with E-state index in [9.17, 15) is 0 Å². The van der Waals surface area contributed by atoms with Crippen LogP contribution < -0.4 is 0 Å². The van der Waals surface area contributed by atoms with Crippen LogP contribution in [0.4, 0.5) is 0 Å². The molecule has 0 aliphatic heterocycles. The Morgan fingerprint density at radius 3 is 1.35 bits per heavy atom. The highest BCUT2D eigenvalue weighted by molar-refractivity contribution is 6.28. The fourth-order valence-corrected chi connectivity index (χ4v) is 9.29. The van der Waals surface area contributed by atoms with E-state index in [2.05, 4.69) is 181 Å². The number of hydrogen-bond donors (Lipinski definition) is 0. The van der Waals surface area contributed by atoms with Gasteiger partial charge in [0.2, 0.25) is 0 Å². The Kier molecular flexibility index (Phi) is 7.82. The second-order valence-electron chi connectivity index (χ2n) is 15.3. The Balaban J connectivity index is 1.08. The molecule has 11 aromatic rings. The highest BCUT2D eigenvalue weighted by atomic mass is 15.0. The predicted molar refractivity (Wildman–Crippen MR) is 247 cm³/mol. The molecule has 0 saturated heterocycles. The summed E-state index contributed by atoms with van der Waals surface area (Å²) in [6, 6.07) is 70.9. The summed E-state index contributed by atoms with van der Waals surface area (Å²) in [5, 5.41) is 5.93. The summed E-state index contributed by atoms with van der Waals surface area (Å²) >= 11 is 0. The van der Waals surface area contributed by atoms with Gasteiger partial charge in [-0.15, -0.1) is 0 Å². The van der Waals surface area contributed by atoms with E-state index in [4.69, 9.17) is 15.0 Å². The van der Waals surface area contributed by atoms with Gasteiger partial charge in [-0.2, -0.15) is 0 Å². The van der Waals surface area contributed by atoms with Gasteiger partial charge < -0.3 is 0 Å². The van der Waals surface area contributed by atoms with Crippen molar-refractivity contribution in [2.45, 2.75) is 0 Å². The van der Waals surface area contributed by atoms with Gasteiger partial charge in [0.1, 0.15) is 0 Å². The van der Waals surface area contributed by atoms with Gasteiger partial charge in [-0.25, -0.2) is 15.0 Å². The molecule has 0 atom stereocenters. The predicted octanol–water partition coefficient (Wildman–Crippen LogP) is 14.4. The number of benzene rings is 9. The number of para-hydroxylation sites is 1. The Morgan fingerprint density at radius 2 is 0.717 bits per heavy atom. The number of rotatable bonds is 6. The first-order chi connectivity index (χ1) is 29.8. The fourth-order valence-electron chi connectivity index (χ4n) is 9.29. The van der Waals surface area contributed by atoms with Gasteiger partial charge in [-0.05, 0) is 95.4 Å². The minimum Gasteiger partial charge on any atom is -0.256 e. The highest BCUT2D eigenvalue weighted by Gasteiger charge is 2.31. The zero-order valence-electron chi connectivity index (χ0n) is 32.4. The molecule has 0 saturated carbocycles. The summed E-state index contributed by atoms with van der Waals surface area (Å²) in [7, 11) is 0. The summed E-state index contributed by atoms with van der Waals surface area (Å²) in [6.07, 6.45) is 1.87. The maximum Gasteiger partial charge on any atom is 0.164 e. The molecule has 60 heavy (non-hydrogen) atoms. The molecular weight excluding hydrogens is 729 g/mol. The third kappa shape index (κ3) is 5.39. The quantitative estimate of drug-likeness (QED) is 0.169. The first-order valence-electron chi connectivity index (χ1n) is 20.3. The van der Waals surface area contributed by atoms with Crippen LogP contribution in [-0.2, 0) is 0 Å². The van der Waals surface area contributed by atoms with Gasteiger partial charge in [0.25, 0.3) is 0 Å². The van der Waals surface area contributed by atoms with Crippen molar-refractivity contribution in [2.24, 2.45) is 0 Å². The van der Waals surface area contributed by atoms with Crippen molar-refractivity contribution in [1.82, 2.24) is 19.9 Å². The topological polar surface area (TPSA) is 51.6 Å². The Morgan fingerprint density at radius 1 is 0.250 bits per heavy atom. The van der Waals surface area contributed by atoms with Gasteiger partial charge in [0.05, 0.1) is 5.52 Å². The van der Waals surface area contributed by atoms with E-state index >= 15 is 0 Å². The van der Waals surface area contributed by atoms with Gasteiger partial charge in [0.15, 0.2) is 17.5 Å². The molecule has 0 radical (unpaired) electrons.